The van der Waals surface area contributed by atoms with Gasteiger partial charge in [0.1, 0.15) is 0 Å². The van der Waals surface area contributed by atoms with Crippen LogP contribution in [0.2, 0.25) is 0 Å². The zero-order chi connectivity index (χ0) is 13.2. The zero-order valence-electron chi connectivity index (χ0n) is 12.2. The number of hydrogen-bond acceptors (Lipinski definition) is 2. The van der Waals surface area contributed by atoms with Crippen LogP contribution in [0, 0.1) is 5.92 Å². The first kappa shape index (κ1) is 13.1. The molecule has 0 spiro atoms. The maximum absolute atomic E-state index is 3.40. The highest BCUT2D eigenvalue weighted by molar-refractivity contribution is 5.36. The summed E-state index contributed by atoms with van der Waals surface area (Å²) < 4.78 is 0. The third kappa shape index (κ3) is 2.70. The molecule has 1 aliphatic heterocycles. The maximum Gasteiger partial charge on any atom is 0.0388 e. The number of likely N-dealkylation sites (tertiary alicyclic amines) is 1. The molecule has 1 aliphatic carbocycles. The molecule has 2 fully saturated rings. The fourth-order valence-corrected chi connectivity index (χ4v) is 3.77. The second-order valence-corrected chi connectivity index (χ2v) is 6.29. The molecule has 0 radical (unpaired) electrons. The lowest BCUT2D eigenvalue weighted by atomic mass is 9.82. The molecule has 2 atom stereocenters. The molecule has 19 heavy (non-hydrogen) atoms. The molecule has 1 aromatic carbocycles. The molecule has 0 aromatic heterocycles. The molecule has 1 saturated heterocycles. The Hall–Kier alpha value is -0.860. The van der Waals surface area contributed by atoms with Crippen LogP contribution >= 0.6 is 0 Å². The minimum atomic E-state index is 0.609. The predicted octanol–water partition coefficient (Wildman–Crippen LogP) is 3.17. The molecule has 1 heterocycles. The van der Waals surface area contributed by atoms with E-state index in [2.05, 4.69) is 48.6 Å². The first-order chi connectivity index (χ1) is 9.31. The summed E-state index contributed by atoms with van der Waals surface area (Å²) in [4.78, 5) is 2.58. The van der Waals surface area contributed by atoms with Crippen molar-refractivity contribution in [1.29, 1.82) is 0 Å². The summed E-state index contributed by atoms with van der Waals surface area (Å²) >= 11 is 0. The van der Waals surface area contributed by atoms with E-state index < -0.39 is 0 Å². The lowest BCUT2D eigenvalue weighted by Crippen LogP contribution is -2.40. The van der Waals surface area contributed by atoms with E-state index >= 15 is 0 Å². The molecular formula is C17H26N2. The molecule has 1 aromatic rings. The number of benzene rings is 1. The van der Waals surface area contributed by atoms with Crippen molar-refractivity contribution in [2.24, 2.45) is 5.92 Å². The molecule has 104 valence electrons. The number of piperidine rings is 1. The smallest absolute Gasteiger partial charge is 0.0388 e. The van der Waals surface area contributed by atoms with Gasteiger partial charge in [0.25, 0.3) is 0 Å². The first-order valence-corrected chi connectivity index (χ1v) is 7.75. The third-order valence-corrected chi connectivity index (χ3v) is 4.81. The summed E-state index contributed by atoms with van der Waals surface area (Å²) in [7, 11) is 4.38. The minimum Gasteiger partial charge on any atom is -0.319 e. The summed E-state index contributed by atoms with van der Waals surface area (Å²) in [6.07, 6.45) is 5.48. The van der Waals surface area contributed by atoms with Crippen molar-refractivity contribution in [3.63, 3.8) is 0 Å². The second kappa shape index (κ2) is 5.64. The monoisotopic (exact) mass is 258 g/mol. The molecule has 1 saturated carbocycles. The van der Waals surface area contributed by atoms with Gasteiger partial charge in [-0.1, -0.05) is 24.3 Å². The predicted molar refractivity (Wildman–Crippen MR) is 80.4 cm³/mol. The van der Waals surface area contributed by atoms with Crippen molar-refractivity contribution in [3.05, 3.63) is 35.4 Å². The van der Waals surface area contributed by atoms with Gasteiger partial charge in [0, 0.05) is 6.04 Å². The Kier molecular flexibility index (Phi) is 3.90. The Morgan fingerprint density at radius 3 is 2.58 bits per heavy atom. The van der Waals surface area contributed by atoms with E-state index in [4.69, 9.17) is 0 Å². The van der Waals surface area contributed by atoms with Crippen LogP contribution in [0.4, 0.5) is 0 Å². The highest BCUT2D eigenvalue weighted by atomic mass is 15.1. The Morgan fingerprint density at radius 2 is 1.89 bits per heavy atom. The van der Waals surface area contributed by atoms with Crippen molar-refractivity contribution >= 4 is 0 Å². The Balaban J connectivity index is 1.92. The van der Waals surface area contributed by atoms with Gasteiger partial charge in [-0.25, -0.2) is 0 Å². The van der Waals surface area contributed by atoms with E-state index in [-0.39, 0.29) is 0 Å². The van der Waals surface area contributed by atoms with Crippen molar-refractivity contribution < 1.29 is 0 Å². The van der Waals surface area contributed by atoms with E-state index in [1.165, 1.54) is 32.2 Å². The average Bonchev–Trinajstić information content (AvgIpc) is 3.24. The SMILES string of the molecule is CNCC1CCCN(C)C1c1ccccc1C1CC1. The molecular weight excluding hydrogens is 232 g/mol. The quantitative estimate of drug-likeness (QED) is 0.892. The van der Waals surface area contributed by atoms with Gasteiger partial charge in [0.2, 0.25) is 0 Å². The normalized spacial score (nSPS) is 28.5. The molecule has 3 rings (SSSR count). The molecule has 2 heteroatoms. The van der Waals surface area contributed by atoms with Crippen LogP contribution in [-0.2, 0) is 0 Å². The van der Waals surface area contributed by atoms with Crippen LogP contribution < -0.4 is 5.32 Å². The van der Waals surface area contributed by atoms with Gasteiger partial charge in [-0.05, 0) is 75.8 Å². The highest BCUT2D eigenvalue weighted by Gasteiger charge is 2.34. The zero-order valence-corrected chi connectivity index (χ0v) is 12.2. The van der Waals surface area contributed by atoms with Gasteiger partial charge in [-0.15, -0.1) is 0 Å². The summed E-state index contributed by atoms with van der Waals surface area (Å²) in [6.45, 7) is 2.37. The summed E-state index contributed by atoms with van der Waals surface area (Å²) in [6, 6.07) is 9.79. The van der Waals surface area contributed by atoms with Crippen LogP contribution in [0.15, 0.2) is 24.3 Å². The summed E-state index contributed by atoms with van der Waals surface area (Å²) in [5.41, 5.74) is 3.23. The standard InChI is InChI=1S/C17H26N2/c1-18-12-14-6-5-11-19(2)17(14)16-8-4-3-7-15(16)13-9-10-13/h3-4,7-8,13-14,17-18H,5-6,9-12H2,1-2H3. The van der Waals surface area contributed by atoms with Crippen LogP contribution in [0.25, 0.3) is 0 Å². The van der Waals surface area contributed by atoms with Crippen molar-refractivity contribution in [2.75, 3.05) is 27.2 Å². The van der Waals surface area contributed by atoms with Gasteiger partial charge >= 0.3 is 0 Å². The topological polar surface area (TPSA) is 15.3 Å². The largest absolute Gasteiger partial charge is 0.319 e. The number of rotatable bonds is 4. The molecule has 0 amide bonds. The van der Waals surface area contributed by atoms with Crippen LogP contribution in [0.1, 0.15) is 48.8 Å². The lowest BCUT2D eigenvalue weighted by molar-refractivity contribution is 0.120. The van der Waals surface area contributed by atoms with E-state index in [9.17, 15) is 0 Å². The molecule has 1 N–H and O–H groups in total. The summed E-state index contributed by atoms with van der Waals surface area (Å²) in [5, 5.41) is 3.40. The molecule has 2 nitrogen and oxygen atoms in total. The van der Waals surface area contributed by atoms with Gasteiger partial charge in [0.05, 0.1) is 0 Å². The lowest BCUT2D eigenvalue weighted by Gasteiger charge is -2.40. The number of nitrogens with one attached hydrogen (secondary N) is 1. The van der Waals surface area contributed by atoms with E-state index in [0.29, 0.717) is 6.04 Å². The fourth-order valence-electron chi connectivity index (χ4n) is 3.77. The minimum absolute atomic E-state index is 0.609. The van der Waals surface area contributed by atoms with E-state index in [1.54, 1.807) is 11.1 Å². The Morgan fingerprint density at radius 1 is 1.16 bits per heavy atom. The van der Waals surface area contributed by atoms with Gasteiger partial charge in [0.15, 0.2) is 0 Å². The number of hydrogen-bond donors (Lipinski definition) is 1. The van der Waals surface area contributed by atoms with Crippen LogP contribution in [0.5, 0.6) is 0 Å². The molecule has 2 aliphatic rings. The first-order valence-electron chi connectivity index (χ1n) is 7.75. The van der Waals surface area contributed by atoms with Crippen molar-refractivity contribution in [1.82, 2.24) is 10.2 Å². The number of nitrogens with zero attached hydrogens (tertiary/aromatic N) is 1. The second-order valence-electron chi connectivity index (χ2n) is 6.29. The van der Waals surface area contributed by atoms with Crippen molar-refractivity contribution in [2.45, 2.75) is 37.6 Å². The van der Waals surface area contributed by atoms with E-state index in [1.807, 2.05) is 0 Å². The van der Waals surface area contributed by atoms with Crippen molar-refractivity contribution in [3.8, 4) is 0 Å². The molecule has 2 unspecified atom stereocenters. The van der Waals surface area contributed by atoms with Crippen LogP contribution in [0.3, 0.4) is 0 Å². The van der Waals surface area contributed by atoms with Crippen LogP contribution in [-0.4, -0.2) is 32.1 Å². The summed E-state index contributed by atoms with van der Waals surface area (Å²) in [5.74, 6) is 1.60. The van der Waals surface area contributed by atoms with Gasteiger partial charge < -0.3 is 5.32 Å². The Bertz CT molecular complexity index is 423. The fraction of sp³-hybridized carbons (Fsp3) is 0.647. The Labute approximate surface area is 117 Å². The maximum atomic E-state index is 3.40. The molecule has 0 bridgehead atoms. The third-order valence-electron chi connectivity index (χ3n) is 4.81. The van der Waals surface area contributed by atoms with Gasteiger partial charge in [-0.3, -0.25) is 4.90 Å². The average molecular weight is 258 g/mol. The van der Waals surface area contributed by atoms with E-state index in [0.717, 1.165) is 18.4 Å². The van der Waals surface area contributed by atoms with Gasteiger partial charge in [-0.2, -0.15) is 0 Å². The highest BCUT2D eigenvalue weighted by Crippen LogP contribution is 2.46.